The molecular formula is C15H21N3OS. The summed E-state index contributed by atoms with van der Waals surface area (Å²) in [5.74, 6) is 0.391. The average Bonchev–Trinajstić information content (AvgIpc) is 3.14. The van der Waals surface area contributed by atoms with Crippen molar-refractivity contribution in [1.82, 2.24) is 14.8 Å². The van der Waals surface area contributed by atoms with Crippen LogP contribution in [0.15, 0.2) is 5.38 Å². The molecule has 1 amide bonds. The number of carbonyl (C=O) groups is 1. The summed E-state index contributed by atoms with van der Waals surface area (Å²) in [6, 6.07) is 1.13. The van der Waals surface area contributed by atoms with Gasteiger partial charge in [0.25, 0.3) is 0 Å². The molecule has 0 saturated carbocycles. The Hall–Kier alpha value is -0.940. The molecule has 3 aliphatic heterocycles. The quantitative estimate of drug-likeness (QED) is 0.836. The molecule has 1 aromatic heterocycles. The third-order valence-corrected chi connectivity index (χ3v) is 6.46. The molecule has 0 aromatic carbocycles. The number of hydrogen-bond donors (Lipinski definition) is 0. The van der Waals surface area contributed by atoms with Gasteiger partial charge in [-0.3, -0.25) is 9.69 Å². The van der Waals surface area contributed by atoms with Crippen molar-refractivity contribution < 1.29 is 4.79 Å². The van der Waals surface area contributed by atoms with Gasteiger partial charge in [-0.1, -0.05) is 0 Å². The number of rotatable bonds is 2. The first-order chi connectivity index (χ1) is 9.60. The molecule has 1 spiro atoms. The molecule has 0 N–H and O–H groups in total. The lowest BCUT2D eigenvalue weighted by atomic mass is 9.72. The molecule has 0 unspecified atom stereocenters. The highest BCUT2D eigenvalue weighted by Crippen LogP contribution is 2.54. The molecule has 20 heavy (non-hydrogen) atoms. The smallest absolute Gasteiger partial charge is 0.230 e. The van der Waals surface area contributed by atoms with E-state index in [4.69, 9.17) is 0 Å². The first-order valence-corrected chi connectivity index (χ1v) is 8.40. The standard InChI is InChI=1S/C15H21N3OS/c1-10-16-11(9-20-10)8-18-6-5-15(14(18)19)7-12-3-4-13(15)17(12)2/h9,12-13H,3-8H2,1-2H3/t12-,13-,15+/m1/s1. The van der Waals surface area contributed by atoms with E-state index in [2.05, 4.69) is 22.3 Å². The highest BCUT2D eigenvalue weighted by molar-refractivity contribution is 7.09. The summed E-state index contributed by atoms with van der Waals surface area (Å²) < 4.78 is 0. The minimum absolute atomic E-state index is 0.0667. The monoisotopic (exact) mass is 291 g/mol. The minimum Gasteiger partial charge on any atom is -0.336 e. The zero-order valence-electron chi connectivity index (χ0n) is 12.1. The summed E-state index contributed by atoms with van der Waals surface area (Å²) in [6.07, 6.45) is 4.61. The lowest BCUT2D eigenvalue weighted by Gasteiger charge is -2.31. The molecule has 0 radical (unpaired) electrons. The molecular weight excluding hydrogens is 270 g/mol. The predicted molar refractivity (Wildman–Crippen MR) is 78.5 cm³/mol. The molecule has 3 saturated heterocycles. The van der Waals surface area contributed by atoms with Crippen molar-refractivity contribution in [2.24, 2.45) is 5.41 Å². The Morgan fingerprint density at radius 2 is 2.35 bits per heavy atom. The van der Waals surface area contributed by atoms with Crippen molar-refractivity contribution >= 4 is 17.2 Å². The van der Waals surface area contributed by atoms with Crippen LogP contribution in [-0.2, 0) is 11.3 Å². The van der Waals surface area contributed by atoms with Crippen LogP contribution in [-0.4, -0.2) is 46.4 Å². The van der Waals surface area contributed by atoms with Gasteiger partial charge in [0.1, 0.15) is 0 Å². The van der Waals surface area contributed by atoms with Crippen LogP contribution in [0.25, 0.3) is 0 Å². The summed E-state index contributed by atoms with van der Waals surface area (Å²) >= 11 is 1.67. The van der Waals surface area contributed by atoms with Gasteiger partial charge in [0, 0.05) is 24.0 Å². The Kier molecular flexibility index (Phi) is 2.73. The Morgan fingerprint density at radius 3 is 2.95 bits per heavy atom. The number of nitrogens with zero attached hydrogens (tertiary/aromatic N) is 3. The van der Waals surface area contributed by atoms with Gasteiger partial charge in [0.05, 0.1) is 22.7 Å². The lowest BCUT2D eigenvalue weighted by Crippen LogP contribution is -2.43. The van der Waals surface area contributed by atoms with E-state index in [1.165, 1.54) is 12.8 Å². The highest BCUT2D eigenvalue weighted by Gasteiger charge is 2.61. The van der Waals surface area contributed by atoms with Gasteiger partial charge < -0.3 is 4.90 Å². The summed E-state index contributed by atoms with van der Waals surface area (Å²) in [6.45, 7) is 3.63. The first kappa shape index (κ1) is 12.8. The van der Waals surface area contributed by atoms with Crippen molar-refractivity contribution in [2.75, 3.05) is 13.6 Å². The number of aromatic nitrogens is 1. The molecule has 4 heterocycles. The van der Waals surface area contributed by atoms with E-state index >= 15 is 0 Å². The average molecular weight is 291 g/mol. The van der Waals surface area contributed by atoms with Gasteiger partial charge in [-0.15, -0.1) is 11.3 Å². The second-order valence-corrected chi connectivity index (χ2v) is 7.67. The van der Waals surface area contributed by atoms with Crippen molar-refractivity contribution in [3.63, 3.8) is 0 Å². The van der Waals surface area contributed by atoms with Crippen LogP contribution >= 0.6 is 11.3 Å². The number of aryl methyl sites for hydroxylation is 1. The van der Waals surface area contributed by atoms with Crippen LogP contribution in [0.1, 0.15) is 36.4 Å². The third-order valence-electron chi connectivity index (χ3n) is 5.64. The van der Waals surface area contributed by atoms with E-state index < -0.39 is 0 Å². The Morgan fingerprint density at radius 1 is 1.50 bits per heavy atom. The van der Waals surface area contributed by atoms with Crippen molar-refractivity contribution in [1.29, 1.82) is 0 Å². The maximum absolute atomic E-state index is 13.0. The van der Waals surface area contributed by atoms with Crippen LogP contribution in [0.3, 0.4) is 0 Å². The van der Waals surface area contributed by atoms with Crippen LogP contribution in [0.5, 0.6) is 0 Å². The summed E-state index contributed by atoms with van der Waals surface area (Å²) in [7, 11) is 2.21. The fourth-order valence-corrected chi connectivity index (χ4v) is 5.27. The van der Waals surface area contributed by atoms with Crippen molar-refractivity contribution in [3.8, 4) is 0 Å². The number of fused-ring (bicyclic) bond motifs is 3. The minimum atomic E-state index is -0.0667. The van der Waals surface area contributed by atoms with E-state index in [-0.39, 0.29) is 5.41 Å². The number of amides is 1. The van der Waals surface area contributed by atoms with Gasteiger partial charge in [-0.05, 0) is 39.7 Å². The van der Waals surface area contributed by atoms with Gasteiger partial charge in [-0.2, -0.15) is 0 Å². The molecule has 3 atom stereocenters. The predicted octanol–water partition coefficient (Wildman–Crippen LogP) is 2.04. The van der Waals surface area contributed by atoms with Gasteiger partial charge in [-0.25, -0.2) is 4.98 Å². The zero-order valence-corrected chi connectivity index (χ0v) is 12.9. The number of likely N-dealkylation sites (tertiary alicyclic amines) is 1. The first-order valence-electron chi connectivity index (χ1n) is 7.52. The molecule has 108 valence electrons. The third kappa shape index (κ3) is 1.62. The lowest BCUT2D eigenvalue weighted by molar-refractivity contribution is -0.138. The normalized spacial score (nSPS) is 36.7. The topological polar surface area (TPSA) is 36.4 Å². The number of thiazole rings is 1. The van der Waals surface area contributed by atoms with Crippen LogP contribution < -0.4 is 0 Å². The maximum Gasteiger partial charge on any atom is 0.230 e. The molecule has 5 heteroatoms. The maximum atomic E-state index is 13.0. The van der Waals surface area contributed by atoms with Crippen molar-refractivity contribution in [2.45, 2.75) is 51.2 Å². The fraction of sp³-hybridized carbons (Fsp3) is 0.733. The van der Waals surface area contributed by atoms with Gasteiger partial charge in [0.2, 0.25) is 5.91 Å². The molecule has 3 aliphatic rings. The number of hydrogen-bond acceptors (Lipinski definition) is 4. The molecule has 4 rings (SSSR count). The SMILES string of the molecule is Cc1nc(CN2CC[C@@]3(C[C@H]4CC[C@H]3N4C)C2=O)cs1. The van der Waals surface area contributed by atoms with E-state index in [9.17, 15) is 4.79 Å². The molecule has 1 aromatic rings. The van der Waals surface area contributed by atoms with Crippen LogP contribution in [0.2, 0.25) is 0 Å². The van der Waals surface area contributed by atoms with E-state index in [0.29, 0.717) is 24.5 Å². The van der Waals surface area contributed by atoms with Crippen LogP contribution in [0, 0.1) is 12.3 Å². The molecule has 3 fully saturated rings. The Bertz CT molecular complexity index is 557. The fourth-order valence-electron chi connectivity index (χ4n) is 4.66. The summed E-state index contributed by atoms with van der Waals surface area (Å²) in [4.78, 5) is 22.0. The Balaban J connectivity index is 1.54. The van der Waals surface area contributed by atoms with Gasteiger partial charge in [0.15, 0.2) is 0 Å². The van der Waals surface area contributed by atoms with E-state index in [1.54, 1.807) is 11.3 Å². The van der Waals surface area contributed by atoms with Crippen molar-refractivity contribution in [3.05, 3.63) is 16.1 Å². The zero-order chi connectivity index (χ0) is 13.9. The highest BCUT2D eigenvalue weighted by atomic mass is 32.1. The van der Waals surface area contributed by atoms with E-state index in [0.717, 1.165) is 30.1 Å². The van der Waals surface area contributed by atoms with Crippen LogP contribution in [0.4, 0.5) is 0 Å². The Labute approximate surface area is 123 Å². The molecule has 4 nitrogen and oxygen atoms in total. The molecule has 0 aliphatic carbocycles. The summed E-state index contributed by atoms with van der Waals surface area (Å²) in [5, 5.41) is 3.17. The molecule has 2 bridgehead atoms. The summed E-state index contributed by atoms with van der Waals surface area (Å²) in [5.41, 5.74) is 0.984. The second kappa shape index (κ2) is 4.28. The second-order valence-electron chi connectivity index (χ2n) is 6.61. The number of carbonyl (C=O) groups excluding carboxylic acids is 1. The van der Waals surface area contributed by atoms with Gasteiger partial charge >= 0.3 is 0 Å². The van der Waals surface area contributed by atoms with E-state index in [1.807, 2.05) is 11.8 Å². The largest absolute Gasteiger partial charge is 0.336 e.